The SMILES string of the molecule is Cc1ccccc1Cc1noc(NN)n1. The number of hydrogen-bond acceptors (Lipinski definition) is 5. The molecule has 1 aromatic heterocycles. The summed E-state index contributed by atoms with van der Waals surface area (Å²) in [7, 11) is 0. The number of benzene rings is 1. The Hall–Kier alpha value is -1.88. The standard InChI is InChI=1S/C10H12N4O/c1-7-4-2-3-5-8(7)6-9-12-10(13-11)15-14-9/h2-5H,6,11H2,1H3,(H,12,13,14). The van der Waals surface area contributed by atoms with Gasteiger partial charge in [-0.15, -0.1) is 0 Å². The number of aromatic nitrogens is 2. The van der Waals surface area contributed by atoms with Crippen molar-refractivity contribution < 1.29 is 4.52 Å². The fourth-order valence-electron chi connectivity index (χ4n) is 1.36. The van der Waals surface area contributed by atoms with Crippen LogP contribution in [-0.2, 0) is 6.42 Å². The molecule has 1 aromatic carbocycles. The van der Waals surface area contributed by atoms with Gasteiger partial charge in [0.05, 0.1) is 0 Å². The molecule has 2 rings (SSSR count). The molecule has 5 heteroatoms. The summed E-state index contributed by atoms with van der Waals surface area (Å²) in [6, 6.07) is 8.32. The summed E-state index contributed by atoms with van der Waals surface area (Å²) in [6.07, 6.45) is 0.651. The number of nitrogens with one attached hydrogen (secondary N) is 1. The van der Waals surface area contributed by atoms with Crippen LogP contribution in [0.15, 0.2) is 28.8 Å². The van der Waals surface area contributed by atoms with Crippen LogP contribution in [0, 0.1) is 6.92 Å². The second kappa shape index (κ2) is 4.10. The van der Waals surface area contributed by atoms with E-state index in [4.69, 9.17) is 10.4 Å². The monoisotopic (exact) mass is 204 g/mol. The fraction of sp³-hybridized carbons (Fsp3) is 0.200. The third-order valence-electron chi connectivity index (χ3n) is 2.20. The lowest BCUT2D eigenvalue weighted by atomic mass is 10.1. The maximum atomic E-state index is 5.14. The van der Waals surface area contributed by atoms with Crippen molar-refractivity contribution in [2.45, 2.75) is 13.3 Å². The highest BCUT2D eigenvalue weighted by atomic mass is 16.5. The number of rotatable bonds is 3. The third-order valence-corrected chi connectivity index (χ3v) is 2.20. The first-order valence-electron chi connectivity index (χ1n) is 4.63. The van der Waals surface area contributed by atoms with Crippen molar-refractivity contribution in [1.29, 1.82) is 0 Å². The van der Waals surface area contributed by atoms with Crippen LogP contribution in [0.4, 0.5) is 6.01 Å². The van der Waals surface area contributed by atoms with E-state index in [2.05, 4.69) is 28.6 Å². The van der Waals surface area contributed by atoms with Crippen LogP contribution in [0.5, 0.6) is 0 Å². The Bertz CT molecular complexity index is 452. The molecule has 5 nitrogen and oxygen atoms in total. The second-order valence-electron chi connectivity index (χ2n) is 3.26. The topological polar surface area (TPSA) is 77.0 Å². The van der Waals surface area contributed by atoms with E-state index in [1.165, 1.54) is 11.1 Å². The van der Waals surface area contributed by atoms with E-state index in [0.29, 0.717) is 12.2 Å². The Morgan fingerprint density at radius 3 is 2.87 bits per heavy atom. The number of nitrogen functional groups attached to an aromatic ring is 1. The molecule has 3 N–H and O–H groups in total. The highest BCUT2D eigenvalue weighted by Crippen LogP contribution is 2.12. The maximum absolute atomic E-state index is 5.14. The lowest BCUT2D eigenvalue weighted by molar-refractivity contribution is 0.424. The molecule has 0 saturated carbocycles. The molecule has 0 atom stereocenters. The average molecular weight is 204 g/mol. The van der Waals surface area contributed by atoms with Gasteiger partial charge in [-0.2, -0.15) is 4.98 Å². The molecular weight excluding hydrogens is 192 g/mol. The molecule has 15 heavy (non-hydrogen) atoms. The lowest BCUT2D eigenvalue weighted by Gasteiger charge is -2.00. The van der Waals surface area contributed by atoms with E-state index in [1.807, 2.05) is 18.2 Å². The van der Waals surface area contributed by atoms with Gasteiger partial charge in [-0.05, 0) is 18.1 Å². The maximum Gasteiger partial charge on any atom is 0.335 e. The smallest absolute Gasteiger partial charge is 0.314 e. The fourth-order valence-corrected chi connectivity index (χ4v) is 1.36. The first kappa shape index (κ1) is 9.67. The predicted octanol–water partition coefficient (Wildman–Crippen LogP) is 1.25. The zero-order chi connectivity index (χ0) is 10.7. The van der Waals surface area contributed by atoms with E-state index in [1.54, 1.807) is 0 Å². The van der Waals surface area contributed by atoms with Crippen molar-refractivity contribution in [1.82, 2.24) is 10.1 Å². The Kier molecular flexibility index (Phi) is 2.64. The Balaban J connectivity index is 2.18. The predicted molar refractivity (Wildman–Crippen MR) is 56.1 cm³/mol. The van der Waals surface area contributed by atoms with Crippen molar-refractivity contribution >= 4 is 6.01 Å². The summed E-state index contributed by atoms with van der Waals surface area (Å²) in [5.74, 6) is 5.76. The van der Waals surface area contributed by atoms with Crippen LogP contribution in [0.1, 0.15) is 17.0 Å². The van der Waals surface area contributed by atoms with E-state index < -0.39 is 0 Å². The van der Waals surface area contributed by atoms with E-state index in [0.717, 1.165) is 0 Å². The van der Waals surface area contributed by atoms with Crippen LogP contribution < -0.4 is 11.3 Å². The van der Waals surface area contributed by atoms with Gasteiger partial charge in [-0.3, -0.25) is 5.43 Å². The lowest BCUT2D eigenvalue weighted by Crippen LogP contribution is -2.06. The van der Waals surface area contributed by atoms with Gasteiger partial charge >= 0.3 is 6.01 Å². The molecule has 0 radical (unpaired) electrons. The molecule has 0 unspecified atom stereocenters. The summed E-state index contributed by atoms with van der Waals surface area (Å²) in [6.45, 7) is 2.05. The van der Waals surface area contributed by atoms with Crippen LogP contribution in [0.3, 0.4) is 0 Å². The van der Waals surface area contributed by atoms with E-state index >= 15 is 0 Å². The van der Waals surface area contributed by atoms with Crippen LogP contribution in [-0.4, -0.2) is 10.1 Å². The minimum Gasteiger partial charge on any atom is -0.314 e. The summed E-state index contributed by atoms with van der Waals surface area (Å²) < 4.78 is 4.83. The van der Waals surface area contributed by atoms with Gasteiger partial charge < -0.3 is 4.52 Å². The molecule has 1 heterocycles. The normalized spacial score (nSPS) is 10.3. The number of anilines is 1. The Labute approximate surface area is 87.3 Å². The number of nitrogens with two attached hydrogens (primary N) is 1. The van der Waals surface area contributed by atoms with Crippen LogP contribution >= 0.6 is 0 Å². The van der Waals surface area contributed by atoms with Crippen molar-refractivity contribution in [3.63, 3.8) is 0 Å². The molecule has 0 aliphatic rings. The van der Waals surface area contributed by atoms with Crippen molar-refractivity contribution in [2.75, 3.05) is 5.43 Å². The van der Waals surface area contributed by atoms with Gasteiger partial charge in [0, 0.05) is 6.42 Å². The van der Waals surface area contributed by atoms with Gasteiger partial charge in [0.2, 0.25) is 0 Å². The minimum absolute atomic E-state index is 0.235. The number of aryl methyl sites for hydroxylation is 1. The highest BCUT2D eigenvalue weighted by molar-refractivity contribution is 5.28. The van der Waals surface area contributed by atoms with Crippen LogP contribution in [0.2, 0.25) is 0 Å². The molecule has 0 aliphatic carbocycles. The molecule has 0 saturated heterocycles. The quantitative estimate of drug-likeness (QED) is 0.581. The number of hydrazine groups is 1. The van der Waals surface area contributed by atoms with Gasteiger partial charge in [-0.25, -0.2) is 5.84 Å². The minimum atomic E-state index is 0.235. The molecule has 78 valence electrons. The Morgan fingerprint density at radius 1 is 1.40 bits per heavy atom. The summed E-state index contributed by atoms with van der Waals surface area (Å²) in [4.78, 5) is 4.05. The number of hydrogen-bond donors (Lipinski definition) is 2. The van der Waals surface area contributed by atoms with Gasteiger partial charge in [-0.1, -0.05) is 29.4 Å². The number of nitrogens with zero attached hydrogens (tertiary/aromatic N) is 2. The zero-order valence-corrected chi connectivity index (χ0v) is 8.40. The Morgan fingerprint density at radius 2 is 2.20 bits per heavy atom. The average Bonchev–Trinajstić information content (AvgIpc) is 2.69. The first-order chi connectivity index (χ1) is 7.29. The van der Waals surface area contributed by atoms with E-state index in [-0.39, 0.29) is 6.01 Å². The molecule has 2 aromatic rings. The highest BCUT2D eigenvalue weighted by Gasteiger charge is 2.06. The molecule has 0 spiro atoms. The van der Waals surface area contributed by atoms with Crippen molar-refractivity contribution in [3.8, 4) is 0 Å². The van der Waals surface area contributed by atoms with Gasteiger partial charge in [0.1, 0.15) is 0 Å². The molecular formula is C10H12N4O. The zero-order valence-electron chi connectivity index (χ0n) is 8.40. The molecule has 0 aliphatic heterocycles. The van der Waals surface area contributed by atoms with Gasteiger partial charge in [0.15, 0.2) is 5.82 Å². The van der Waals surface area contributed by atoms with Crippen molar-refractivity contribution in [2.24, 2.45) is 5.84 Å². The molecule has 0 fully saturated rings. The summed E-state index contributed by atoms with van der Waals surface area (Å²) >= 11 is 0. The largest absolute Gasteiger partial charge is 0.335 e. The van der Waals surface area contributed by atoms with E-state index in [9.17, 15) is 0 Å². The molecule has 0 amide bonds. The summed E-state index contributed by atoms with van der Waals surface area (Å²) in [5.41, 5.74) is 4.70. The third kappa shape index (κ3) is 2.13. The van der Waals surface area contributed by atoms with Crippen LogP contribution in [0.25, 0.3) is 0 Å². The first-order valence-corrected chi connectivity index (χ1v) is 4.63. The summed E-state index contributed by atoms with van der Waals surface area (Å²) in [5, 5.41) is 3.79. The van der Waals surface area contributed by atoms with Gasteiger partial charge in [0.25, 0.3) is 0 Å². The van der Waals surface area contributed by atoms with Crippen molar-refractivity contribution in [3.05, 3.63) is 41.2 Å². The molecule has 0 bridgehead atoms. The second-order valence-corrected chi connectivity index (χ2v) is 3.26.